The van der Waals surface area contributed by atoms with Crippen molar-refractivity contribution < 1.29 is 60.2 Å². The Kier molecular flexibility index (Phi) is 5.86. The van der Waals surface area contributed by atoms with Crippen LogP contribution in [0.3, 0.4) is 0 Å². The van der Waals surface area contributed by atoms with Gasteiger partial charge in [0.1, 0.15) is 47.4 Å². The normalized spacial score (nSPS) is 29.0. The fourth-order valence-corrected chi connectivity index (χ4v) is 3.62. The van der Waals surface area contributed by atoms with Crippen LogP contribution in [0.25, 0.3) is 6.08 Å². The van der Waals surface area contributed by atoms with Gasteiger partial charge in [-0.2, -0.15) is 0 Å². The molecule has 9 N–H and O–H groups in total. The highest BCUT2D eigenvalue weighted by Crippen LogP contribution is 2.45. The van der Waals surface area contributed by atoms with Gasteiger partial charge >= 0.3 is 0 Å². The summed E-state index contributed by atoms with van der Waals surface area (Å²) in [6.45, 7) is -0.651. The quantitative estimate of drug-likeness (QED) is 0.266. The van der Waals surface area contributed by atoms with Crippen molar-refractivity contribution in [3.8, 4) is 34.5 Å². The van der Waals surface area contributed by atoms with Crippen LogP contribution in [-0.2, 0) is 4.74 Å². The lowest BCUT2D eigenvalue weighted by Crippen LogP contribution is -2.60. The lowest BCUT2D eigenvalue weighted by Gasteiger charge is -2.39. The van der Waals surface area contributed by atoms with Crippen molar-refractivity contribution in [1.29, 1.82) is 0 Å². The third kappa shape index (κ3) is 4.05. The minimum atomic E-state index is -1.68. The van der Waals surface area contributed by atoms with Crippen LogP contribution in [0.2, 0.25) is 0 Å². The van der Waals surface area contributed by atoms with Crippen LogP contribution in [0.15, 0.2) is 30.0 Å². The van der Waals surface area contributed by atoms with E-state index in [0.29, 0.717) is 0 Å². The minimum Gasteiger partial charge on any atom is -0.508 e. The number of rotatable bonds is 4. The molecular formula is C21H22O12. The van der Waals surface area contributed by atoms with Gasteiger partial charge in [0.05, 0.1) is 12.2 Å². The van der Waals surface area contributed by atoms with E-state index in [1.54, 1.807) is 0 Å². The predicted octanol–water partition coefficient (Wildman–Crippen LogP) is -0.280. The monoisotopic (exact) mass is 466 g/mol. The largest absolute Gasteiger partial charge is 0.508 e. The van der Waals surface area contributed by atoms with Crippen LogP contribution in [0, 0.1) is 0 Å². The summed E-state index contributed by atoms with van der Waals surface area (Å²) in [5.74, 6) is -2.86. The summed E-state index contributed by atoms with van der Waals surface area (Å²) >= 11 is 0. The maximum absolute atomic E-state index is 10.4. The summed E-state index contributed by atoms with van der Waals surface area (Å²) in [4.78, 5) is 0. The van der Waals surface area contributed by atoms with E-state index in [-0.39, 0.29) is 34.1 Å². The molecule has 2 aliphatic heterocycles. The van der Waals surface area contributed by atoms with E-state index in [1.807, 2.05) is 0 Å². The third-order valence-electron chi connectivity index (χ3n) is 5.39. The number of aliphatic hydroxyl groups is 5. The van der Waals surface area contributed by atoms with Gasteiger partial charge in [-0.25, -0.2) is 0 Å². The molecule has 6 atom stereocenters. The van der Waals surface area contributed by atoms with E-state index in [0.717, 1.165) is 18.2 Å². The topological polar surface area (TPSA) is 210 Å². The fourth-order valence-electron chi connectivity index (χ4n) is 3.62. The number of phenols is 4. The SMILES string of the molecule is OCC1OC(Oc2cc(O)c3c(c2)OC(c2cc(O)c(O)c(O)c2)C(O)=C3)C(O)C(O)C1O. The van der Waals surface area contributed by atoms with E-state index in [9.17, 15) is 46.0 Å². The Labute approximate surface area is 186 Å². The molecular weight excluding hydrogens is 444 g/mol. The number of fused-ring (bicyclic) bond motifs is 1. The molecule has 2 heterocycles. The summed E-state index contributed by atoms with van der Waals surface area (Å²) in [6, 6.07) is 4.56. The molecule has 2 aromatic carbocycles. The van der Waals surface area contributed by atoms with E-state index < -0.39 is 60.7 Å². The number of hydrogen-bond acceptors (Lipinski definition) is 12. The van der Waals surface area contributed by atoms with Gasteiger partial charge < -0.3 is 60.2 Å². The fraction of sp³-hybridized carbons (Fsp3) is 0.333. The smallest absolute Gasteiger partial charge is 0.229 e. The van der Waals surface area contributed by atoms with Crippen molar-refractivity contribution in [2.24, 2.45) is 0 Å². The molecule has 0 spiro atoms. The molecule has 12 nitrogen and oxygen atoms in total. The molecule has 0 aliphatic carbocycles. The number of benzene rings is 2. The number of aromatic hydroxyl groups is 4. The molecule has 0 bridgehead atoms. The molecule has 4 rings (SSSR count). The zero-order valence-electron chi connectivity index (χ0n) is 16.8. The second-order valence-corrected chi connectivity index (χ2v) is 7.64. The maximum atomic E-state index is 10.4. The van der Waals surface area contributed by atoms with Crippen LogP contribution in [-0.4, -0.2) is 83.3 Å². The Balaban J connectivity index is 1.63. The van der Waals surface area contributed by atoms with Gasteiger partial charge in [-0.3, -0.25) is 0 Å². The van der Waals surface area contributed by atoms with Crippen LogP contribution in [0.4, 0.5) is 0 Å². The molecule has 0 aromatic heterocycles. The van der Waals surface area contributed by atoms with Gasteiger partial charge in [-0.15, -0.1) is 0 Å². The summed E-state index contributed by atoms with van der Waals surface area (Å²) < 4.78 is 16.5. The van der Waals surface area contributed by atoms with E-state index in [1.165, 1.54) is 12.1 Å². The molecule has 178 valence electrons. The Morgan fingerprint density at radius 2 is 1.48 bits per heavy atom. The van der Waals surface area contributed by atoms with Gasteiger partial charge in [-0.1, -0.05) is 0 Å². The Morgan fingerprint density at radius 3 is 2.12 bits per heavy atom. The molecule has 6 unspecified atom stereocenters. The average Bonchev–Trinajstić information content (AvgIpc) is 2.77. The Hall–Kier alpha value is -3.42. The lowest BCUT2D eigenvalue weighted by molar-refractivity contribution is -0.277. The highest BCUT2D eigenvalue weighted by atomic mass is 16.7. The van der Waals surface area contributed by atoms with Crippen LogP contribution in [0.5, 0.6) is 34.5 Å². The van der Waals surface area contributed by atoms with Gasteiger partial charge in [0.2, 0.25) is 6.29 Å². The first kappa shape index (κ1) is 22.8. The summed E-state index contributed by atoms with van der Waals surface area (Å²) in [6.07, 6.45) is -7.66. The van der Waals surface area contributed by atoms with Crippen LogP contribution < -0.4 is 9.47 Å². The first-order valence-corrected chi connectivity index (χ1v) is 9.77. The molecule has 0 radical (unpaired) electrons. The van der Waals surface area contributed by atoms with Crippen molar-refractivity contribution >= 4 is 6.08 Å². The maximum Gasteiger partial charge on any atom is 0.229 e. The Bertz CT molecular complexity index is 1060. The second kappa shape index (κ2) is 8.50. The Morgan fingerprint density at radius 1 is 0.818 bits per heavy atom. The standard InChI is InChI=1S/C21H22O12/c22-6-15-17(28)18(29)19(30)21(33-15)31-8-3-10(23)9-5-13(26)20(32-14(9)4-8)7-1-11(24)16(27)12(25)2-7/h1-5,15,17-30H,6H2. The van der Waals surface area contributed by atoms with Gasteiger partial charge in [0.15, 0.2) is 23.4 Å². The molecule has 1 fully saturated rings. The molecule has 0 saturated carbocycles. The van der Waals surface area contributed by atoms with Crippen molar-refractivity contribution in [3.05, 3.63) is 41.2 Å². The number of phenolic OH excluding ortho intramolecular Hbond substituents is 4. The van der Waals surface area contributed by atoms with Gasteiger partial charge in [0.25, 0.3) is 0 Å². The average molecular weight is 466 g/mol. The molecule has 1 saturated heterocycles. The number of aliphatic hydroxyl groups excluding tert-OH is 5. The van der Waals surface area contributed by atoms with Crippen molar-refractivity contribution in [2.75, 3.05) is 6.61 Å². The van der Waals surface area contributed by atoms with Gasteiger partial charge in [-0.05, 0) is 18.2 Å². The predicted molar refractivity (Wildman–Crippen MR) is 108 cm³/mol. The minimum absolute atomic E-state index is 0.00412. The molecule has 12 heteroatoms. The number of hydrogen-bond donors (Lipinski definition) is 9. The highest BCUT2D eigenvalue weighted by Gasteiger charge is 2.45. The highest BCUT2D eigenvalue weighted by molar-refractivity contribution is 5.70. The number of ether oxygens (including phenoxy) is 3. The molecule has 2 aromatic rings. The zero-order valence-corrected chi connectivity index (χ0v) is 16.8. The molecule has 2 aliphatic rings. The van der Waals surface area contributed by atoms with Gasteiger partial charge in [0, 0.05) is 17.7 Å². The first-order chi connectivity index (χ1) is 15.6. The first-order valence-electron chi connectivity index (χ1n) is 9.77. The van der Waals surface area contributed by atoms with Crippen LogP contribution >= 0.6 is 0 Å². The van der Waals surface area contributed by atoms with E-state index in [2.05, 4.69) is 0 Å². The summed E-state index contributed by atoms with van der Waals surface area (Å²) in [7, 11) is 0. The molecule has 33 heavy (non-hydrogen) atoms. The van der Waals surface area contributed by atoms with Crippen molar-refractivity contribution in [3.63, 3.8) is 0 Å². The second-order valence-electron chi connectivity index (χ2n) is 7.64. The van der Waals surface area contributed by atoms with Crippen LogP contribution in [0.1, 0.15) is 17.2 Å². The summed E-state index contributed by atoms with van der Waals surface area (Å²) in [5.41, 5.74) is 0.166. The van der Waals surface area contributed by atoms with E-state index >= 15 is 0 Å². The molecule has 0 amide bonds. The zero-order chi connectivity index (χ0) is 24.0. The lowest BCUT2D eigenvalue weighted by atomic mass is 9.99. The van der Waals surface area contributed by atoms with E-state index in [4.69, 9.17) is 14.2 Å². The summed E-state index contributed by atoms with van der Waals surface area (Å²) in [5, 5.41) is 89.0. The van der Waals surface area contributed by atoms with Crippen molar-refractivity contribution in [2.45, 2.75) is 36.8 Å². The third-order valence-corrected chi connectivity index (χ3v) is 5.39. The van der Waals surface area contributed by atoms with Crippen molar-refractivity contribution in [1.82, 2.24) is 0 Å².